The average molecular weight is 299 g/mol. The summed E-state index contributed by atoms with van der Waals surface area (Å²) in [6, 6.07) is 0. The number of carbonyl (C=O) groups is 1. The van der Waals surface area contributed by atoms with E-state index in [0.29, 0.717) is 6.42 Å². The molecule has 0 unspecified atom stereocenters. The Kier molecular flexibility index (Phi) is 15.4. The van der Waals surface area contributed by atoms with Gasteiger partial charge in [0.15, 0.2) is 0 Å². The van der Waals surface area contributed by atoms with Crippen molar-refractivity contribution in [2.75, 3.05) is 27.2 Å². The van der Waals surface area contributed by atoms with E-state index in [9.17, 15) is 4.79 Å². The monoisotopic (exact) mass is 298 g/mol. The topological polar surface area (TPSA) is 32.3 Å². The summed E-state index contributed by atoms with van der Waals surface area (Å²) in [5.41, 5.74) is 0. The predicted molar refractivity (Wildman–Crippen MR) is 92.6 cm³/mol. The summed E-state index contributed by atoms with van der Waals surface area (Å²) in [6.45, 7) is 4.12. The minimum absolute atomic E-state index is 0.216. The Morgan fingerprint density at radius 1 is 0.810 bits per heavy atom. The highest BCUT2D eigenvalue weighted by Gasteiger charge is 2.00. The Morgan fingerprint density at radius 2 is 1.33 bits per heavy atom. The van der Waals surface area contributed by atoms with Crippen LogP contribution in [-0.2, 0) is 4.79 Å². The van der Waals surface area contributed by atoms with Crippen LogP contribution in [0, 0.1) is 0 Å². The molecule has 126 valence electrons. The molecule has 0 heterocycles. The number of nitrogens with zero attached hydrogens (tertiary/aromatic N) is 1. The van der Waals surface area contributed by atoms with Crippen LogP contribution in [0.4, 0.5) is 0 Å². The van der Waals surface area contributed by atoms with Gasteiger partial charge in [0, 0.05) is 13.0 Å². The molecule has 0 bridgehead atoms. The Hall–Kier alpha value is -0.570. The lowest BCUT2D eigenvalue weighted by molar-refractivity contribution is -0.121. The molecule has 0 aliphatic carbocycles. The molecule has 0 spiro atoms. The predicted octanol–water partition coefficient (Wildman–Crippen LogP) is 4.37. The second-order valence-corrected chi connectivity index (χ2v) is 6.44. The normalized spacial score (nSPS) is 11.0. The van der Waals surface area contributed by atoms with Gasteiger partial charge in [0.1, 0.15) is 0 Å². The van der Waals surface area contributed by atoms with Crippen LogP contribution in [0.15, 0.2) is 0 Å². The van der Waals surface area contributed by atoms with E-state index in [-0.39, 0.29) is 5.91 Å². The summed E-state index contributed by atoms with van der Waals surface area (Å²) >= 11 is 0. The van der Waals surface area contributed by atoms with E-state index in [4.69, 9.17) is 0 Å². The number of amides is 1. The molecule has 0 radical (unpaired) electrons. The van der Waals surface area contributed by atoms with Crippen molar-refractivity contribution in [3.63, 3.8) is 0 Å². The fourth-order valence-corrected chi connectivity index (χ4v) is 2.48. The van der Waals surface area contributed by atoms with Crippen LogP contribution >= 0.6 is 0 Å². The van der Waals surface area contributed by atoms with Gasteiger partial charge >= 0.3 is 0 Å². The molecule has 1 amide bonds. The van der Waals surface area contributed by atoms with Crippen molar-refractivity contribution in [1.29, 1.82) is 0 Å². The molecular formula is C18H38N2O. The van der Waals surface area contributed by atoms with Crippen LogP contribution in [0.2, 0.25) is 0 Å². The standard InChI is InChI=1S/C18H38N2O/c1-4-5-6-7-8-9-10-11-12-13-16-19-18(21)15-14-17-20(2)3/h4-17H2,1-3H3,(H,19,21). The van der Waals surface area contributed by atoms with Gasteiger partial charge in [-0.2, -0.15) is 0 Å². The second kappa shape index (κ2) is 15.8. The molecule has 0 saturated carbocycles. The Balaban J connectivity index is 3.12. The molecule has 0 atom stereocenters. The summed E-state index contributed by atoms with van der Waals surface area (Å²) in [5.74, 6) is 0.216. The fourth-order valence-electron chi connectivity index (χ4n) is 2.48. The van der Waals surface area contributed by atoms with E-state index in [1.807, 2.05) is 14.1 Å². The first kappa shape index (κ1) is 20.4. The number of carbonyl (C=O) groups excluding carboxylic acids is 1. The highest BCUT2D eigenvalue weighted by Crippen LogP contribution is 2.10. The van der Waals surface area contributed by atoms with Crippen molar-refractivity contribution in [2.24, 2.45) is 0 Å². The van der Waals surface area contributed by atoms with Gasteiger partial charge in [0.2, 0.25) is 5.91 Å². The minimum atomic E-state index is 0.216. The molecular weight excluding hydrogens is 260 g/mol. The van der Waals surface area contributed by atoms with Crippen molar-refractivity contribution in [3.8, 4) is 0 Å². The second-order valence-electron chi connectivity index (χ2n) is 6.44. The van der Waals surface area contributed by atoms with Crippen molar-refractivity contribution >= 4 is 5.91 Å². The van der Waals surface area contributed by atoms with E-state index in [1.165, 1.54) is 57.8 Å². The summed E-state index contributed by atoms with van der Waals surface area (Å²) in [6.07, 6.45) is 15.0. The molecule has 0 aromatic heterocycles. The lowest BCUT2D eigenvalue weighted by Crippen LogP contribution is -2.25. The highest BCUT2D eigenvalue weighted by molar-refractivity contribution is 5.75. The highest BCUT2D eigenvalue weighted by atomic mass is 16.1. The van der Waals surface area contributed by atoms with Gasteiger partial charge in [-0.25, -0.2) is 0 Å². The third kappa shape index (κ3) is 17.4. The van der Waals surface area contributed by atoms with E-state index >= 15 is 0 Å². The van der Waals surface area contributed by atoms with Gasteiger partial charge in [-0.1, -0.05) is 64.7 Å². The van der Waals surface area contributed by atoms with Crippen LogP contribution in [0.3, 0.4) is 0 Å². The van der Waals surface area contributed by atoms with Crippen molar-refractivity contribution in [2.45, 2.75) is 84.0 Å². The van der Waals surface area contributed by atoms with Gasteiger partial charge < -0.3 is 10.2 Å². The number of rotatable bonds is 15. The van der Waals surface area contributed by atoms with Gasteiger partial charge in [-0.3, -0.25) is 4.79 Å². The van der Waals surface area contributed by atoms with Gasteiger partial charge in [-0.15, -0.1) is 0 Å². The number of unbranched alkanes of at least 4 members (excludes halogenated alkanes) is 9. The van der Waals surface area contributed by atoms with Crippen LogP contribution in [0.5, 0.6) is 0 Å². The summed E-state index contributed by atoms with van der Waals surface area (Å²) in [4.78, 5) is 13.7. The quantitative estimate of drug-likeness (QED) is 0.455. The van der Waals surface area contributed by atoms with Gasteiger partial charge in [0.05, 0.1) is 0 Å². The lowest BCUT2D eigenvalue weighted by Gasteiger charge is -2.09. The third-order valence-electron chi connectivity index (χ3n) is 3.86. The number of hydrogen-bond acceptors (Lipinski definition) is 2. The molecule has 3 nitrogen and oxygen atoms in total. The maximum atomic E-state index is 11.6. The zero-order chi connectivity index (χ0) is 15.8. The smallest absolute Gasteiger partial charge is 0.220 e. The minimum Gasteiger partial charge on any atom is -0.356 e. The van der Waals surface area contributed by atoms with Gasteiger partial charge in [0.25, 0.3) is 0 Å². The first-order valence-electron chi connectivity index (χ1n) is 9.08. The average Bonchev–Trinajstić information content (AvgIpc) is 2.44. The lowest BCUT2D eigenvalue weighted by atomic mass is 10.1. The van der Waals surface area contributed by atoms with Crippen LogP contribution in [0.1, 0.15) is 84.0 Å². The van der Waals surface area contributed by atoms with Crippen LogP contribution in [-0.4, -0.2) is 38.0 Å². The maximum Gasteiger partial charge on any atom is 0.220 e. The Morgan fingerprint density at radius 3 is 1.86 bits per heavy atom. The molecule has 0 rings (SSSR count). The summed E-state index contributed by atoms with van der Waals surface area (Å²) in [7, 11) is 4.09. The summed E-state index contributed by atoms with van der Waals surface area (Å²) in [5, 5.41) is 3.02. The number of hydrogen-bond donors (Lipinski definition) is 1. The molecule has 0 aliphatic heterocycles. The van der Waals surface area contributed by atoms with E-state index in [0.717, 1.165) is 25.9 Å². The zero-order valence-electron chi connectivity index (χ0n) is 14.8. The zero-order valence-corrected chi connectivity index (χ0v) is 14.8. The molecule has 3 heteroatoms. The maximum absolute atomic E-state index is 11.6. The van der Waals surface area contributed by atoms with Crippen LogP contribution < -0.4 is 5.32 Å². The molecule has 1 N–H and O–H groups in total. The first-order chi connectivity index (χ1) is 10.2. The molecule has 0 fully saturated rings. The van der Waals surface area contributed by atoms with Crippen molar-refractivity contribution < 1.29 is 4.79 Å². The molecule has 0 aromatic rings. The summed E-state index contributed by atoms with van der Waals surface area (Å²) < 4.78 is 0. The molecule has 0 saturated heterocycles. The SMILES string of the molecule is CCCCCCCCCCCCNC(=O)CCCN(C)C. The van der Waals surface area contributed by atoms with E-state index in [1.54, 1.807) is 0 Å². The molecule has 21 heavy (non-hydrogen) atoms. The van der Waals surface area contributed by atoms with E-state index < -0.39 is 0 Å². The van der Waals surface area contributed by atoms with Crippen molar-refractivity contribution in [1.82, 2.24) is 10.2 Å². The Labute approximate surface area is 132 Å². The molecule has 0 aromatic carbocycles. The number of nitrogens with one attached hydrogen (secondary N) is 1. The molecule has 0 aliphatic rings. The van der Waals surface area contributed by atoms with Crippen LogP contribution in [0.25, 0.3) is 0 Å². The van der Waals surface area contributed by atoms with Gasteiger partial charge in [-0.05, 0) is 33.5 Å². The third-order valence-corrected chi connectivity index (χ3v) is 3.86. The fraction of sp³-hybridized carbons (Fsp3) is 0.944. The van der Waals surface area contributed by atoms with E-state index in [2.05, 4.69) is 17.1 Å². The Bertz CT molecular complexity index is 229. The first-order valence-corrected chi connectivity index (χ1v) is 9.08. The van der Waals surface area contributed by atoms with Crippen molar-refractivity contribution in [3.05, 3.63) is 0 Å². The largest absolute Gasteiger partial charge is 0.356 e.